The van der Waals surface area contributed by atoms with E-state index < -0.39 is 5.60 Å². The molecule has 0 saturated carbocycles. The summed E-state index contributed by atoms with van der Waals surface area (Å²) in [6.45, 7) is 8.52. The average Bonchev–Trinajstić information content (AvgIpc) is 3.19. The molecule has 2 aromatic carbocycles. The number of oxime groups is 1. The molecule has 1 aliphatic rings. The van der Waals surface area contributed by atoms with Gasteiger partial charge in [0, 0.05) is 24.0 Å². The normalized spacial score (nSPS) is 19.3. The van der Waals surface area contributed by atoms with Crippen LogP contribution in [0.1, 0.15) is 41.3 Å². The van der Waals surface area contributed by atoms with Crippen LogP contribution in [0.4, 0.5) is 0 Å². The van der Waals surface area contributed by atoms with Crippen LogP contribution in [0.5, 0.6) is 0 Å². The summed E-state index contributed by atoms with van der Waals surface area (Å²) in [5, 5.41) is 4.41. The van der Waals surface area contributed by atoms with Gasteiger partial charge in [0.15, 0.2) is 5.60 Å². The van der Waals surface area contributed by atoms with Crippen LogP contribution in [0.25, 0.3) is 5.69 Å². The van der Waals surface area contributed by atoms with Crippen LogP contribution in [0, 0.1) is 20.8 Å². The predicted molar refractivity (Wildman–Crippen MR) is 106 cm³/mol. The number of benzene rings is 2. The van der Waals surface area contributed by atoms with Gasteiger partial charge in [-0.3, -0.25) is 0 Å². The van der Waals surface area contributed by atoms with E-state index in [0.717, 1.165) is 23.3 Å². The number of rotatable bonds is 3. The molecule has 0 aliphatic carbocycles. The zero-order chi connectivity index (χ0) is 18.3. The van der Waals surface area contributed by atoms with Gasteiger partial charge in [-0.2, -0.15) is 0 Å². The second-order valence-electron chi connectivity index (χ2n) is 7.43. The van der Waals surface area contributed by atoms with Crippen molar-refractivity contribution in [3.05, 3.63) is 88.7 Å². The molecule has 0 amide bonds. The molecule has 0 N–H and O–H groups in total. The summed E-state index contributed by atoms with van der Waals surface area (Å²) in [4.78, 5) is 5.85. The Morgan fingerprint density at radius 3 is 2.42 bits per heavy atom. The van der Waals surface area contributed by atoms with Gasteiger partial charge in [-0.25, -0.2) is 0 Å². The largest absolute Gasteiger partial charge is 0.384 e. The minimum atomic E-state index is -0.392. The monoisotopic (exact) mass is 344 g/mol. The van der Waals surface area contributed by atoms with Crippen molar-refractivity contribution in [1.29, 1.82) is 0 Å². The Labute approximate surface area is 154 Å². The maximum Gasteiger partial charge on any atom is 0.165 e. The molecule has 26 heavy (non-hydrogen) atoms. The lowest BCUT2D eigenvalue weighted by atomic mass is 9.89. The van der Waals surface area contributed by atoms with Crippen LogP contribution in [-0.4, -0.2) is 10.3 Å². The molecule has 132 valence electrons. The molecule has 3 aromatic rings. The zero-order valence-corrected chi connectivity index (χ0v) is 15.8. The average molecular weight is 344 g/mol. The molecule has 3 nitrogen and oxygen atoms in total. The molecule has 2 heterocycles. The summed E-state index contributed by atoms with van der Waals surface area (Å²) in [6.07, 6.45) is 2.96. The molecule has 0 saturated heterocycles. The van der Waals surface area contributed by atoms with E-state index in [1.807, 2.05) is 18.2 Å². The van der Waals surface area contributed by atoms with E-state index in [4.69, 9.17) is 4.84 Å². The van der Waals surface area contributed by atoms with Crippen LogP contribution in [0.15, 0.2) is 65.9 Å². The zero-order valence-electron chi connectivity index (χ0n) is 15.8. The second kappa shape index (κ2) is 6.17. The Balaban J connectivity index is 1.62. The predicted octanol–water partition coefficient (Wildman–Crippen LogP) is 5.44. The van der Waals surface area contributed by atoms with Gasteiger partial charge in [-0.15, -0.1) is 0 Å². The maximum atomic E-state index is 5.85. The van der Waals surface area contributed by atoms with E-state index >= 15 is 0 Å². The van der Waals surface area contributed by atoms with Crippen LogP contribution >= 0.6 is 0 Å². The highest BCUT2D eigenvalue weighted by atomic mass is 16.7. The third kappa shape index (κ3) is 2.84. The van der Waals surface area contributed by atoms with E-state index in [1.54, 1.807) is 0 Å². The minimum absolute atomic E-state index is 0.392. The molecular formula is C23H24N2O. The summed E-state index contributed by atoms with van der Waals surface area (Å²) in [7, 11) is 0. The summed E-state index contributed by atoms with van der Waals surface area (Å²) >= 11 is 0. The molecule has 1 aromatic heterocycles. The first-order valence-electron chi connectivity index (χ1n) is 9.04. The van der Waals surface area contributed by atoms with E-state index in [2.05, 4.69) is 80.0 Å². The van der Waals surface area contributed by atoms with Gasteiger partial charge in [0.25, 0.3) is 0 Å². The lowest BCUT2D eigenvalue weighted by molar-refractivity contribution is -0.00738. The third-order valence-electron chi connectivity index (χ3n) is 5.19. The van der Waals surface area contributed by atoms with Crippen molar-refractivity contribution in [3.63, 3.8) is 0 Å². The van der Waals surface area contributed by atoms with Crippen LogP contribution < -0.4 is 0 Å². The summed E-state index contributed by atoms with van der Waals surface area (Å²) in [6, 6.07) is 19.1. The van der Waals surface area contributed by atoms with Crippen LogP contribution in [-0.2, 0) is 10.4 Å². The van der Waals surface area contributed by atoms with Crippen LogP contribution in [0.3, 0.4) is 0 Å². The van der Waals surface area contributed by atoms with E-state index in [0.29, 0.717) is 0 Å². The molecule has 1 atom stereocenters. The number of hydrogen-bond donors (Lipinski definition) is 0. The Morgan fingerprint density at radius 1 is 1.00 bits per heavy atom. The second-order valence-corrected chi connectivity index (χ2v) is 7.43. The first-order chi connectivity index (χ1) is 12.5. The number of hydrogen-bond acceptors (Lipinski definition) is 2. The number of aromatic nitrogens is 1. The smallest absolute Gasteiger partial charge is 0.165 e. The van der Waals surface area contributed by atoms with Gasteiger partial charge in [0.1, 0.15) is 0 Å². The number of aryl methyl sites for hydroxylation is 3. The molecule has 0 bridgehead atoms. The van der Waals surface area contributed by atoms with Crippen LogP contribution in [0.2, 0.25) is 0 Å². The topological polar surface area (TPSA) is 26.5 Å². The van der Waals surface area contributed by atoms with Gasteiger partial charge in [0.05, 0.1) is 5.71 Å². The van der Waals surface area contributed by atoms with Crippen molar-refractivity contribution >= 4 is 5.71 Å². The van der Waals surface area contributed by atoms with Gasteiger partial charge >= 0.3 is 0 Å². The fourth-order valence-corrected chi connectivity index (χ4v) is 3.75. The minimum Gasteiger partial charge on any atom is -0.384 e. The van der Waals surface area contributed by atoms with Crippen molar-refractivity contribution in [2.75, 3.05) is 0 Å². The van der Waals surface area contributed by atoms with Gasteiger partial charge in [-0.05, 0) is 68.1 Å². The lowest BCUT2D eigenvalue weighted by Crippen LogP contribution is -2.21. The number of nitrogens with zero attached hydrogens (tertiary/aromatic N) is 2. The van der Waals surface area contributed by atoms with Crippen molar-refractivity contribution in [2.24, 2.45) is 5.16 Å². The van der Waals surface area contributed by atoms with Gasteiger partial charge in [0.2, 0.25) is 0 Å². The standard InChI is InChI=1S/C23H24N2O/c1-16-12-18(3)25(15-16)22-11-10-19(13-17(22)2)21-14-23(4,26-24-21)20-8-6-5-7-9-20/h5-13,15H,14H2,1-4H3. The lowest BCUT2D eigenvalue weighted by Gasteiger charge is -2.21. The van der Waals surface area contributed by atoms with E-state index in [-0.39, 0.29) is 0 Å². The molecule has 1 unspecified atom stereocenters. The molecule has 0 fully saturated rings. The van der Waals surface area contributed by atoms with E-state index in [1.165, 1.54) is 22.5 Å². The van der Waals surface area contributed by atoms with Gasteiger partial charge in [-0.1, -0.05) is 41.6 Å². The first kappa shape index (κ1) is 16.6. The van der Waals surface area contributed by atoms with Crippen molar-refractivity contribution in [2.45, 2.75) is 39.7 Å². The third-order valence-corrected chi connectivity index (χ3v) is 5.19. The molecule has 0 radical (unpaired) electrons. The van der Waals surface area contributed by atoms with Crippen molar-refractivity contribution in [3.8, 4) is 5.69 Å². The van der Waals surface area contributed by atoms with Crippen molar-refractivity contribution < 1.29 is 4.84 Å². The highest BCUT2D eigenvalue weighted by Crippen LogP contribution is 2.36. The fourth-order valence-electron chi connectivity index (χ4n) is 3.75. The Bertz CT molecular complexity index is 985. The fraction of sp³-hybridized carbons (Fsp3) is 0.261. The molecule has 4 rings (SSSR count). The van der Waals surface area contributed by atoms with Crippen molar-refractivity contribution in [1.82, 2.24) is 4.57 Å². The molecular weight excluding hydrogens is 320 g/mol. The first-order valence-corrected chi connectivity index (χ1v) is 9.04. The Kier molecular flexibility index (Phi) is 3.95. The summed E-state index contributed by atoms with van der Waals surface area (Å²) < 4.78 is 2.25. The maximum absolute atomic E-state index is 5.85. The SMILES string of the molecule is Cc1cc(C)n(-c2ccc(C3=NOC(C)(c4ccccc4)C3)cc2C)c1. The highest BCUT2D eigenvalue weighted by molar-refractivity contribution is 6.02. The molecule has 1 aliphatic heterocycles. The summed E-state index contributed by atoms with van der Waals surface area (Å²) in [5.74, 6) is 0. The van der Waals surface area contributed by atoms with E-state index in [9.17, 15) is 0 Å². The highest BCUT2D eigenvalue weighted by Gasteiger charge is 2.36. The Morgan fingerprint density at radius 2 is 1.77 bits per heavy atom. The molecule has 0 spiro atoms. The Hall–Kier alpha value is -2.81. The summed E-state index contributed by atoms with van der Waals surface area (Å²) in [5.41, 5.74) is 7.87. The quantitative estimate of drug-likeness (QED) is 0.621. The molecule has 3 heteroatoms. The van der Waals surface area contributed by atoms with Gasteiger partial charge < -0.3 is 9.40 Å².